The van der Waals surface area contributed by atoms with Gasteiger partial charge in [0.25, 0.3) is 0 Å². The Kier molecular flexibility index (Phi) is 5.71. The van der Waals surface area contributed by atoms with Crippen molar-refractivity contribution in [1.82, 2.24) is 9.80 Å². The minimum atomic E-state index is 0.231. The molecule has 3 rings (SSSR count). The fourth-order valence-corrected chi connectivity index (χ4v) is 3.25. The minimum Gasteiger partial charge on any atom is -0.497 e. The molecule has 132 valence electrons. The maximum absolute atomic E-state index is 12.5. The topological polar surface area (TPSA) is 32.8 Å². The third-order valence-electron chi connectivity index (χ3n) is 4.73. The number of carbonyl (C=O) groups is 1. The molecule has 1 aliphatic rings. The molecule has 0 unspecified atom stereocenters. The fraction of sp³-hybridized carbons (Fsp3) is 0.381. The van der Waals surface area contributed by atoms with Crippen molar-refractivity contribution in [3.8, 4) is 5.75 Å². The van der Waals surface area contributed by atoms with E-state index in [0.717, 1.165) is 44.0 Å². The van der Waals surface area contributed by atoms with E-state index in [4.69, 9.17) is 4.74 Å². The Labute approximate surface area is 150 Å². The second-order valence-electron chi connectivity index (χ2n) is 6.67. The normalized spacial score (nSPS) is 15.2. The summed E-state index contributed by atoms with van der Waals surface area (Å²) in [6, 6.07) is 16.4. The molecule has 4 nitrogen and oxygen atoms in total. The third kappa shape index (κ3) is 4.83. The Hall–Kier alpha value is -2.33. The molecule has 1 aliphatic heterocycles. The molecule has 1 amide bonds. The summed E-state index contributed by atoms with van der Waals surface area (Å²) in [5, 5.41) is 0. The van der Waals surface area contributed by atoms with E-state index in [2.05, 4.69) is 36.1 Å². The number of amides is 1. The molecule has 0 N–H and O–H groups in total. The van der Waals surface area contributed by atoms with Crippen molar-refractivity contribution in [1.29, 1.82) is 0 Å². The highest BCUT2D eigenvalue weighted by Crippen LogP contribution is 2.15. The van der Waals surface area contributed by atoms with Gasteiger partial charge in [-0.2, -0.15) is 0 Å². The second-order valence-corrected chi connectivity index (χ2v) is 6.67. The first-order valence-corrected chi connectivity index (χ1v) is 8.82. The predicted molar refractivity (Wildman–Crippen MR) is 99.7 cm³/mol. The number of aryl methyl sites for hydroxylation is 1. The first kappa shape index (κ1) is 17.5. The van der Waals surface area contributed by atoms with Crippen molar-refractivity contribution < 1.29 is 9.53 Å². The summed E-state index contributed by atoms with van der Waals surface area (Å²) in [4.78, 5) is 16.9. The zero-order valence-corrected chi connectivity index (χ0v) is 15.1. The SMILES string of the molecule is COc1ccc(CN2CCN(C(=O)Cc3cccc(C)c3)CC2)cc1. The Bertz CT molecular complexity index is 704. The first-order valence-electron chi connectivity index (χ1n) is 8.82. The van der Waals surface area contributed by atoms with Crippen LogP contribution in [0.4, 0.5) is 0 Å². The van der Waals surface area contributed by atoms with E-state index in [1.165, 1.54) is 11.1 Å². The number of piperazine rings is 1. The van der Waals surface area contributed by atoms with Gasteiger partial charge in [-0.25, -0.2) is 0 Å². The average Bonchev–Trinajstić information content (AvgIpc) is 2.63. The minimum absolute atomic E-state index is 0.231. The highest BCUT2D eigenvalue weighted by Gasteiger charge is 2.21. The van der Waals surface area contributed by atoms with Gasteiger partial charge >= 0.3 is 0 Å². The van der Waals surface area contributed by atoms with E-state index < -0.39 is 0 Å². The molecule has 2 aromatic rings. The molecule has 4 heteroatoms. The predicted octanol–water partition coefficient (Wildman–Crippen LogP) is 2.89. The largest absolute Gasteiger partial charge is 0.497 e. The Balaban J connectivity index is 1.48. The van der Waals surface area contributed by atoms with E-state index in [1.807, 2.05) is 29.2 Å². The van der Waals surface area contributed by atoms with Crippen LogP contribution in [0.1, 0.15) is 16.7 Å². The third-order valence-corrected chi connectivity index (χ3v) is 4.73. The van der Waals surface area contributed by atoms with Crippen LogP contribution in [-0.4, -0.2) is 49.0 Å². The lowest BCUT2D eigenvalue weighted by Gasteiger charge is -2.35. The molecule has 0 radical (unpaired) electrons. The number of carbonyl (C=O) groups excluding carboxylic acids is 1. The molecule has 0 bridgehead atoms. The molecule has 0 spiro atoms. The van der Waals surface area contributed by atoms with Crippen LogP contribution in [0.15, 0.2) is 48.5 Å². The smallest absolute Gasteiger partial charge is 0.227 e. The van der Waals surface area contributed by atoms with Gasteiger partial charge in [-0.15, -0.1) is 0 Å². The highest BCUT2D eigenvalue weighted by atomic mass is 16.5. The molecule has 0 aromatic heterocycles. The molecule has 0 aliphatic carbocycles. The number of hydrogen-bond acceptors (Lipinski definition) is 3. The molecule has 25 heavy (non-hydrogen) atoms. The quantitative estimate of drug-likeness (QED) is 0.840. The molecular weight excluding hydrogens is 312 g/mol. The van der Waals surface area contributed by atoms with E-state index >= 15 is 0 Å². The van der Waals surface area contributed by atoms with Crippen LogP contribution >= 0.6 is 0 Å². The van der Waals surface area contributed by atoms with E-state index in [1.54, 1.807) is 7.11 Å². The van der Waals surface area contributed by atoms with Gasteiger partial charge in [0, 0.05) is 32.7 Å². The van der Waals surface area contributed by atoms with Crippen LogP contribution in [-0.2, 0) is 17.8 Å². The van der Waals surface area contributed by atoms with Crippen molar-refractivity contribution in [3.63, 3.8) is 0 Å². The first-order chi connectivity index (χ1) is 12.1. The van der Waals surface area contributed by atoms with Crippen LogP contribution < -0.4 is 4.74 Å². The summed E-state index contributed by atoms with van der Waals surface area (Å²) in [7, 11) is 1.68. The van der Waals surface area contributed by atoms with E-state index in [-0.39, 0.29) is 5.91 Å². The van der Waals surface area contributed by atoms with Crippen molar-refractivity contribution in [3.05, 3.63) is 65.2 Å². The van der Waals surface area contributed by atoms with Gasteiger partial charge in [-0.1, -0.05) is 42.0 Å². The monoisotopic (exact) mass is 338 g/mol. The van der Waals surface area contributed by atoms with Crippen molar-refractivity contribution in [2.24, 2.45) is 0 Å². The molecule has 2 aromatic carbocycles. The van der Waals surface area contributed by atoms with Crippen LogP contribution in [0.2, 0.25) is 0 Å². The maximum Gasteiger partial charge on any atom is 0.227 e. The summed E-state index contributed by atoms with van der Waals surface area (Å²) in [6.45, 7) is 6.44. The lowest BCUT2D eigenvalue weighted by molar-refractivity contribution is -0.132. The Morgan fingerprint density at radius 3 is 2.36 bits per heavy atom. The second kappa shape index (κ2) is 8.17. The lowest BCUT2D eigenvalue weighted by atomic mass is 10.1. The summed E-state index contributed by atoms with van der Waals surface area (Å²) in [6.07, 6.45) is 0.500. The van der Waals surface area contributed by atoms with Crippen LogP contribution in [0, 0.1) is 6.92 Å². The zero-order valence-electron chi connectivity index (χ0n) is 15.1. The standard InChI is InChI=1S/C21H26N2O2/c1-17-4-3-5-19(14-17)15-21(24)23-12-10-22(11-13-23)16-18-6-8-20(25-2)9-7-18/h3-9,14H,10-13,15-16H2,1-2H3. The van der Waals surface area contributed by atoms with Gasteiger partial charge in [-0.05, 0) is 30.2 Å². The van der Waals surface area contributed by atoms with E-state index in [0.29, 0.717) is 6.42 Å². The van der Waals surface area contributed by atoms with Gasteiger partial charge in [0.15, 0.2) is 0 Å². The molecule has 0 atom stereocenters. The fourth-order valence-electron chi connectivity index (χ4n) is 3.25. The molecular formula is C21H26N2O2. The Morgan fingerprint density at radius 2 is 1.72 bits per heavy atom. The van der Waals surface area contributed by atoms with Gasteiger partial charge in [-0.3, -0.25) is 9.69 Å². The van der Waals surface area contributed by atoms with Crippen molar-refractivity contribution >= 4 is 5.91 Å². The van der Waals surface area contributed by atoms with Gasteiger partial charge in [0.05, 0.1) is 13.5 Å². The number of benzene rings is 2. The summed E-state index contributed by atoms with van der Waals surface area (Å²) >= 11 is 0. The molecule has 1 saturated heterocycles. The zero-order chi connectivity index (χ0) is 17.6. The van der Waals surface area contributed by atoms with E-state index in [9.17, 15) is 4.79 Å². The number of rotatable bonds is 5. The number of methoxy groups -OCH3 is 1. The van der Waals surface area contributed by atoms with Gasteiger partial charge in [0.2, 0.25) is 5.91 Å². The van der Waals surface area contributed by atoms with Gasteiger partial charge < -0.3 is 9.64 Å². The number of hydrogen-bond donors (Lipinski definition) is 0. The van der Waals surface area contributed by atoms with Crippen LogP contribution in [0.3, 0.4) is 0 Å². The lowest BCUT2D eigenvalue weighted by Crippen LogP contribution is -2.48. The Morgan fingerprint density at radius 1 is 1.00 bits per heavy atom. The molecule has 0 saturated carbocycles. The molecule has 1 fully saturated rings. The van der Waals surface area contributed by atoms with Gasteiger partial charge in [0.1, 0.15) is 5.75 Å². The average molecular weight is 338 g/mol. The van der Waals surface area contributed by atoms with Crippen molar-refractivity contribution in [2.75, 3.05) is 33.3 Å². The number of nitrogens with zero attached hydrogens (tertiary/aromatic N) is 2. The summed E-state index contributed by atoms with van der Waals surface area (Å²) in [5.74, 6) is 1.12. The van der Waals surface area contributed by atoms with Crippen LogP contribution in [0.25, 0.3) is 0 Å². The summed E-state index contributed by atoms with van der Waals surface area (Å²) < 4.78 is 5.20. The number of ether oxygens (including phenoxy) is 1. The molecule has 1 heterocycles. The summed E-state index contributed by atoms with van der Waals surface area (Å²) in [5.41, 5.74) is 3.58. The highest BCUT2D eigenvalue weighted by molar-refractivity contribution is 5.79. The van der Waals surface area contributed by atoms with Crippen LogP contribution in [0.5, 0.6) is 5.75 Å². The maximum atomic E-state index is 12.5. The van der Waals surface area contributed by atoms with Crippen molar-refractivity contribution in [2.45, 2.75) is 19.9 Å².